The Morgan fingerprint density at radius 1 is 1.26 bits per heavy atom. The number of hydrogen-bond acceptors (Lipinski definition) is 4. The molecule has 1 aromatic carbocycles. The minimum atomic E-state index is -3.60. The minimum Gasteiger partial charge on any atom is -0.307 e. The maximum Gasteiger partial charge on any atom is 0.258 e. The van der Waals surface area contributed by atoms with Crippen molar-refractivity contribution >= 4 is 33.3 Å². The van der Waals surface area contributed by atoms with Crippen LogP contribution in [0.4, 0.5) is 5.82 Å². The molecule has 0 saturated carbocycles. The molecule has 0 atom stereocenters. The number of amides is 1. The molecule has 1 aliphatic rings. The molecule has 2 N–H and O–H groups in total. The average Bonchev–Trinajstić information content (AvgIpc) is 3.20. The van der Waals surface area contributed by atoms with Gasteiger partial charge in [0.2, 0.25) is 10.0 Å². The number of carbonyl (C=O) groups excluding carboxylic acids is 1. The third-order valence-electron chi connectivity index (χ3n) is 3.63. The highest BCUT2D eigenvalue weighted by Crippen LogP contribution is 2.25. The van der Waals surface area contributed by atoms with Gasteiger partial charge in [-0.3, -0.25) is 9.89 Å². The van der Waals surface area contributed by atoms with Gasteiger partial charge in [0.25, 0.3) is 5.91 Å². The van der Waals surface area contributed by atoms with Crippen molar-refractivity contribution in [2.75, 3.05) is 18.4 Å². The Bertz CT molecular complexity index is 815. The van der Waals surface area contributed by atoms with E-state index in [1.54, 1.807) is 6.07 Å². The summed E-state index contributed by atoms with van der Waals surface area (Å²) in [4.78, 5) is 12.3. The first-order valence-corrected chi connectivity index (χ1v) is 8.91. The number of H-pyrrole nitrogens is 1. The van der Waals surface area contributed by atoms with E-state index in [-0.39, 0.29) is 15.5 Å². The Balaban J connectivity index is 1.91. The average molecular weight is 355 g/mol. The second-order valence-corrected chi connectivity index (χ2v) is 7.52. The standard InChI is InChI=1S/C14H15ClN4O3S/c15-12-4-3-10(23(21,22)19-7-1-2-8-19)9-11(12)14(20)17-13-5-6-16-18-13/h3-6,9H,1-2,7-8H2,(H2,16,17,18,20). The Labute approximate surface area is 138 Å². The van der Waals surface area contributed by atoms with Gasteiger partial charge in [-0.05, 0) is 31.0 Å². The maximum atomic E-state index is 12.6. The number of carbonyl (C=O) groups is 1. The summed E-state index contributed by atoms with van der Waals surface area (Å²) in [7, 11) is -3.60. The third kappa shape index (κ3) is 3.24. The van der Waals surface area contributed by atoms with Crippen LogP contribution in [0.15, 0.2) is 35.4 Å². The summed E-state index contributed by atoms with van der Waals surface area (Å²) in [5.74, 6) is -0.100. The summed E-state index contributed by atoms with van der Waals surface area (Å²) in [5.41, 5.74) is 0.0986. The first-order valence-electron chi connectivity index (χ1n) is 7.09. The quantitative estimate of drug-likeness (QED) is 0.878. The second kappa shape index (κ2) is 6.31. The number of aromatic nitrogens is 2. The minimum absolute atomic E-state index is 0.0681. The molecule has 0 spiro atoms. The molecule has 1 aromatic heterocycles. The Kier molecular flexibility index (Phi) is 4.38. The van der Waals surface area contributed by atoms with Crippen molar-refractivity contribution in [2.45, 2.75) is 17.7 Å². The number of sulfonamides is 1. The van der Waals surface area contributed by atoms with E-state index in [9.17, 15) is 13.2 Å². The van der Waals surface area contributed by atoms with E-state index in [1.807, 2.05) is 0 Å². The normalized spacial score (nSPS) is 15.7. The highest BCUT2D eigenvalue weighted by Gasteiger charge is 2.28. The molecule has 0 bridgehead atoms. The van der Waals surface area contributed by atoms with Gasteiger partial charge in [0.05, 0.1) is 21.7 Å². The Hall–Kier alpha value is -1.90. The van der Waals surface area contributed by atoms with Gasteiger partial charge in [-0.25, -0.2) is 8.42 Å². The molecule has 2 heterocycles. The van der Waals surface area contributed by atoms with E-state index in [2.05, 4.69) is 15.5 Å². The van der Waals surface area contributed by atoms with Crippen molar-refractivity contribution in [1.82, 2.24) is 14.5 Å². The number of aromatic amines is 1. The molecule has 0 aliphatic carbocycles. The maximum absolute atomic E-state index is 12.6. The zero-order valence-corrected chi connectivity index (χ0v) is 13.7. The van der Waals surface area contributed by atoms with Crippen molar-refractivity contribution in [2.24, 2.45) is 0 Å². The number of anilines is 1. The van der Waals surface area contributed by atoms with Crippen LogP contribution >= 0.6 is 11.6 Å². The van der Waals surface area contributed by atoms with Crippen LogP contribution in [-0.2, 0) is 10.0 Å². The molecule has 0 unspecified atom stereocenters. The van der Waals surface area contributed by atoms with Crippen LogP contribution in [0.5, 0.6) is 0 Å². The molecule has 1 fully saturated rings. The molecule has 3 rings (SSSR count). The predicted molar refractivity (Wildman–Crippen MR) is 86.0 cm³/mol. The molecule has 7 nitrogen and oxygen atoms in total. The van der Waals surface area contributed by atoms with E-state index < -0.39 is 15.9 Å². The molecular weight excluding hydrogens is 340 g/mol. The monoisotopic (exact) mass is 354 g/mol. The van der Waals surface area contributed by atoms with Crippen molar-refractivity contribution in [3.8, 4) is 0 Å². The Morgan fingerprint density at radius 2 is 2.00 bits per heavy atom. The van der Waals surface area contributed by atoms with E-state index in [1.165, 1.54) is 28.7 Å². The lowest BCUT2D eigenvalue weighted by atomic mass is 10.2. The summed E-state index contributed by atoms with van der Waals surface area (Å²) in [6.45, 7) is 1.00. The largest absolute Gasteiger partial charge is 0.307 e. The van der Waals surface area contributed by atoms with E-state index in [0.717, 1.165) is 12.8 Å². The topological polar surface area (TPSA) is 95.2 Å². The van der Waals surface area contributed by atoms with E-state index in [4.69, 9.17) is 11.6 Å². The van der Waals surface area contributed by atoms with E-state index in [0.29, 0.717) is 18.9 Å². The van der Waals surface area contributed by atoms with Gasteiger partial charge in [-0.15, -0.1) is 0 Å². The number of nitrogens with one attached hydrogen (secondary N) is 2. The van der Waals surface area contributed by atoms with Gasteiger partial charge in [-0.2, -0.15) is 9.40 Å². The van der Waals surface area contributed by atoms with Crippen LogP contribution in [0.25, 0.3) is 0 Å². The number of nitrogens with zero attached hydrogens (tertiary/aromatic N) is 2. The fourth-order valence-electron chi connectivity index (χ4n) is 2.43. The van der Waals surface area contributed by atoms with Gasteiger partial charge in [0, 0.05) is 19.2 Å². The van der Waals surface area contributed by atoms with Crippen LogP contribution in [0.1, 0.15) is 23.2 Å². The lowest BCUT2D eigenvalue weighted by molar-refractivity contribution is 0.102. The molecule has 2 aromatic rings. The molecule has 1 amide bonds. The lowest BCUT2D eigenvalue weighted by Crippen LogP contribution is -2.28. The SMILES string of the molecule is O=C(Nc1ccn[nH]1)c1cc(S(=O)(=O)N2CCCC2)ccc1Cl. The fraction of sp³-hybridized carbons (Fsp3) is 0.286. The van der Waals surface area contributed by atoms with Crippen LogP contribution in [0.2, 0.25) is 5.02 Å². The second-order valence-electron chi connectivity index (χ2n) is 5.18. The number of halogens is 1. The summed E-state index contributed by atoms with van der Waals surface area (Å²) >= 11 is 6.05. The number of benzene rings is 1. The zero-order valence-electron chi connectivity index (χ0n) is 12.1. The summed E-state index contributed by atoms with van der Waals surface area (Å²) in [5, 5.41) is 9.08. The smallest absolute Gasteiger partial charge is 0.258 e. The van der Waals surface area contributed by atoms with Crippen LogP contribution < -0.4 is 5.32 Å². The van der Waals surface area contributed by atoms with Gasteiger partial charge in [0.1, 0.15) is 5.82 Å². The third-order valence-corrected chi connectivity index (χ3v) is 5.86. The van der Waals surface area contributed by atoms with Gasteiger partial charge < -0.3 is 5.32 Å². The Morgan fingerprint density at radius 3 is 2.65 bits per heavy atom. The summed E-state index contributed by atoms with van der Waals surface area (Å²) in [6, 6.07) is 5.73. The molecule has 0 radical (unpaired) electrons. The van der Waals surface area contributed by atoms with Crippen molar-refractivity contribution in [3.05, 3.63) is 41.0 Å². The molecule has 23 heavy (non-hydrogen) atoms. The zero-order chi connectivity index (χ0) is 16.4. The summed E-state index contributed by atoms with van der Waals surface area (Å²) in [6.07, 6.45) is 3.19. The molecule has 1 saturated heterocycles. The van der Waals surface area contributed by atoms with Gasteiger partial charge in [-0.1, -0.05) is 11.6 Å². The van der Waals surface area contributed by atoms with Crippen molar-refractivity contribution in [1.29, 1.82) is 0 Å². The van der Waals surface area contributed by atoms with Crippen LogP contribution in [-0.4, -0.2) is 41.9 Å². The molecule has 1 aliphatic heterocycles. The number of hydrogen-bond donors (Lipinski definition) is 2. The lowest BCUT2D eigenvalue weighted by Gasteiger charge is -2.16. The van der Waals surface area contributed by atoms with Crippen molar-refractivity contribution < 1.29 is 13.2 Å². The first kappa shape index (κ1) is 16.0. The fourth-order valence-corrected chi connectivity index (χ4v) is 4.18. The van der Waals surface area contributed by atoms with Crippen molar-refractivity contribution in [3.63, 3.8) is 0 Å². The highest BCUT2D eigenvalue weighted by atomic mass is 35.5. The summed E-state index contributed by atoms with van der Waals surface area (Å²) < 4.78 is 26.6. The van der Waals surface area contributed by atoms with Gasteiger partial charge >= 0.3 is 0 Å². The first-order chi connectivity index (χ1) is 11.0. The van der Waals surface area contributed by atoms with E-state index >= 15 is 0 Å². The molecule has 9 heteroatoms. The predicted octanol–water partition coefficient (Wildman–Crippen LogP) is 2.10. The molecular formula is C14H15ClN4O3S. The van der Waals surface area contributed by atoms with Crippen LogP contribution in [0.3, 0.4) is 0 Å². The van der Waals surface area contributed by atoms with Crippen LogP contribution in [0, 0.1) is 0 Å². The van der Waals surface area contributed by atoms with Gasteiger partial charge in [0.15, 0.2) is 0 Å². The number of rotatable bonds is 4. The molecule has 122 valence electrons. The highest BCUT2D eigenvalue weighted by molar-refractivity contribution is 7.89.